The van der Waals surface area contributed by atoms with Gasteiger partial charge in [0, 0.05) is 17.7 Å². The number of aromatic nitrogens is 3. The Morgan fingerprint density at radius 3 is 2.12 bits per heavy atom. The maximum absolute atomic E-state index is 14.0. The number of rotatable bonds is 7. The Kier molecular flexibility index (Phi) is 7.69. The zero-order chi connectivity index (χ0) is 30.2. The normalized spacial score (nSPS) is 12.1. The summed E-state index contributed by atoms with van der Waals surface area (Å²) in [5, 5.41) is 13.9. The quantitative estimate of drug-likeness (QED) is 0.152. The molecule has 42 heavy (non-hydrogen) atoms. The van der Waals surface area contributed by atoms with Gasteiger partial charge in [-0.05, 0) is 35.9 Å². The standard InChI is InChI=1S/C29H18ClF6N3O3/c30-21-9-5-4-8-20(21)27-23(22(14-40)38-42-27)26(41)24-25(17-6-2-1-3-7-17)39(15-37-24)13-16-10-18(28(31,32)33)12-19(11-16)29(34,35)36/h1-12,15,40H,13-14H2. The van der Waals surface area contributed by atoms with Gasteiger partial charge in [-0.2, -0.15) is 26.3 Å². The van der Waals surface area contributed by atoms with Crippen LogP contribution in [-0.2, 0) is 25.5 Å². The largest absolute Gasteiger partial charge is 0.416 e. The predicted octanol–water partition coefficient (Wildman–Crippen LogP) is 7.67. The van der Waals surface area contributed by atoms with Gasteiger partial charge in [0.25, 0.3) is 0 Å². The zero-order valence-corrected chi connectivity index (χ0v) is 21.9. The summed E-state index contributed by atoms with van der Waals surface area (Å²) in [5.41, 5.74) is -2.89. The van der Waals surface area contributed by atoms with Crippen LogP contribution in [0.1, 0.15) is 38.4 Å². The first-order valence-corrected chi connectivity index (χ1v) is 12.5. The Hall–Kier alpha value is -4.42. The summed E-state index contributed by atoms with van der Waals surface area (Å²) in [5.74, 6) is -0.802. The van der Waals surface area contributed by atoms with Gasteiger partial charge < -0.3 is 14.2 Å². The average Bonchev–Trinajstić information content (AvgIpc) is 3.57. The molecule has 2 aromatic heterocycles. The predicted molar refractivity (Wildman–Crippen MR) is 140 cm³/mol. The lowest BCUT2D eigenvalue weighted by Gasteiger charge is -2.16. The maximum atomic E-state index is 14.0. The van der Waals surface area contributed by atoms with E-state index in [1.165, 1.54) is 4.57 Å². The van der Waals surface area contributed by atoms with Crippen LogP contribution in [0.2, 0.25) is 5.02 Å². The van der Waals surface area contributed by atoms with Gasteiger partial charge in [-0.15, -0.1) is 0 Å². The van der Waals surface area contributed by atoms with Crippen LogP contribution < -0.4 is 0 Å². The second-order valence-electron chi connectivity index (χ2n) is 9.15. The highest BCUT2D eigenvalue weighted by atomic mass is 35.5. The molecular formula is C29H18ClF6N3O3. The molecule has 216 valence electrons. The Bertz CT molecular complexity index is 1730. The lowest BCUT2D eigenvalue weighted by Crippen LogP contribution is -2.13. The third-order valence-corrected chi connectivity index (χ3v) is 6.69. The summed E-state index contributed by atoms with van der Waals surface area (Å²) < 4.78 is 87.6. The lowest BCUT2D eigenvalue weighted by atomic mass is 9.98. The van der Waals surface area contributed by atoms with Crippen molar-refractivity contribution in [3.05, 3.63) is 118 Å². The minimum atomic E-state index is -5.03. The number of carbonyl (C=O) groups excluding carboxylic acids is 1. The van der Waals surface area contributed by atoms with Crippen molar-refractivity contribution < 1.29 is 40.8 Å². The zero-order valence-electron chi connectivity index (χ0n) is 21.2. The van der Waals surface area contributed by atoms with E-state index in [-0.39, 0.29) is 45.1 Å². The van der Waals surface area contributed by atoms with Crippen molar-refractivity contribution in [1.82, 2.24) is 14.7 Å². The highest BCUT2D eigenvalue weighted by molar-refractivity contribution is 6.33. The number of aliphatic hydroxyl groups excluding tert-OH is 1. The van der Waals surface area contributed by atoms with Crippen molar-refractivity contribution in [3.8, 4) is 22.6 Å². The monoisotopic (exact) mass is 605 g/mol. The van der Waals surface area contributed by atoms with Gasteiger partial charge in [0.1, 0.15) is 11.4 Å². The fourth-order valence-electron chi connectivity index (χ4n) is 4.49. The van der Waals surface area contributed by atoms with Gasteiger partial charge in [0.2, 0.25) is 5.78 Å². The Labute approximate surface area is 238 Å². The van der Waals surface area contributed by atoms with E-state index in [9.17, 15) is 36.2 Å². The van der Waals surface area contributed by atoms with Gasteiger partial charge in [-0.3, -0.25) is 4.79 Å². The number of carbonyl (C=O) groups is 1. The van der Waals surface area contributed by atoms with E-state index >= 15 is 0 Å². The summed E-state index contributed by atoms with van der Waals surface area (Å²) >= 11 is 6.30. The Morgan fingerprint density at radius 2 is 1.52 bits per heavy atom. The minimum absolute atomic E-state index is 0.0447. The van der Waals surface area contributed by atoms with E-state index < -0.39 is 42.4 Å². The molecule has 5 aromatic rings. The van der Waals surface area contributed by atoms with E-state index in [1.807, 2.05) is 0 Å². The van der Waals surface area contributed by atoms with Crippen molar-refractivity contribution in [1.29, 1.82) is 0 Å². The smallest absolute Gasteiger partial charge is 0.390 e. The fraction of sp³-hybridized carbons (Fsp3) is 0.138. The van der Waals surface area contributed by atoms with E-state index in [2.05, 4.69) is 10.1 Å². The molecule has 13 heteroatoms. The van der Waals surface area contributed by atoms with Crippen molar-refractivity contribution in [3.63, 3.8) is 0 Å². The number of hydrogen-bond donors (Lipinski definition) is 1. The number of halogens is 7. The molecule has 0 radical (unpaired) electrons. The van der Waals surface area contributed by atoms with E-state index in [1.54, 1.807) is 54.6 Å². The SMILES string of the molecule is O=C(c1ncn(Cc2cc(C(F)(F)F)cc(C(F)(F)F)c2)c1-c1ccccc1)c1c(CO)noc1-c1ccccc1Cl. The van der Waals surface area contributed by atoms with E-state index in [0.717, 1.165) is 6.33 Å². The van der Waals surface area contributed by atoms with Crippen LogP contribution in [-0.4, -0.2) is 25.6 Å². The first-order valence-electron chi connectivity index (χ1n) is 12.2. The average molecular weight is 606 g/mol. The fourth-order valence-corrected chi connectivity index (χ4v) is 4.71. The molecule has 0 amide bonds. The second kappa shape index (κ2) is 11.1. The molecule has 6 nitrogen and oxygen atoms in total. The van der Waals surface area contributed by atoms with Crippen LogP contribution in [0.25, 0.3) is 22.6 Å². The van der Waals surface area contributed by atoms with E-state index in [0.29, 0.717) is 23.3 Å². The highest BCUT2D eigenvalue weighted by Gasteiger charge is 2.37. The van der Waals surface area contributed by atoms with Crippen molar-refractivity contribution in [2.45, 2.75) is 25.5 Å². The number of alkyl halides is 6. The molecule has 0 saturated carbocycles. The molecular weight excluding hydrogens is 588 g/mol. The van der Waals surface area contributed by atoms with Crippen LogP contribution in [0.15, 0.2) is 83.6 Å². The van der Waals surface area contributed by atoms with Crippen molar-refractivity contribution >= 4 is 17.4 Å². The molecule has 1 N–H and O–H groups in total. The number of hydrogen-bond acceptors (Lipinski definition) is 5. The topological polar surface area (TPSA) is 81.2 Å². The van der Waals surface area contributed by atoms with Crippen LogP contribution in [0.4, 0.5) is 26.3 Å². The van der Waals surface area contributed by atoms with Crippen LogP contribution in [0, 0.1) is 0 Å². The molecule has 0 aliphatic carbocycles. The number of ketones is 1. The molecule has 0 saturated heterocycles. The van der Waals surface area contributed by atoms with Crippen LogP contribution in [0.3, 0.4) is 0 Å². The van der Waals surface area contributed by atoms with Gasteiger partial charge in [-0.25, -0.2) is 4.98 Å². The molecule has 0 spiro atoms. The Morgan fingerprint density at radius 1 is 0.905 bits per heavy atom. The highest BCUT2D eigenvalue weighted by Crippen LogP contribution is 2.38. The molecule has 0 bridgehead atoms. The molecule has 0 aliphatic rings. The van der Waals surface area contributed by atoms with Gasteiger partial charge >= 0.3 is 12.4 Å². The molecule has 5 rings (SSSR count). The lowest BCUT2D eigenvalue weighted by molar-refractivity contribution is -0.143. The third kappa shape index (κ3) is 5.68. The Balaban J connectivity index is 1.66. The number of imidazole rings is 1. The van der Waals surface area contributed by atoms with Gasteiger partial charge in [-0.1, -0.05) is 59.2 Å². The molecule has 0 aliphatic heterocycles. The van der Waals surface area contributed by atoms with Gasteiger partial charge in [0.15, 0.2) is 5.76 Å². The van der Waals surface area contributed by atoms with Crippen molar-refractivity contribution in [2.75, 3.05) is 0 Å². The van der Waals surface area contributed by atoms with Crippen LogP contribution in [0.5, 0.6) is 0 Å². The first kappa shape index (κ1) is 29.1. The maximum Gasteiger partial charge on any atom is 0.416 e. The third-order valence-electron chi connectivity index (χ3n) is 6.36. The summed E-state index contributed by atoms with van der Waals surface area (Å²) in [6.07, 6.45) is -8.92. The molecule has 0 fully saturated rings. The summed E-state index contributed by atoms with van der Waals surface area (Å²) in [7, 11) is 0. The first-order chi connectivity index (χ1) is 19.9. The number of aliphatic hydroxyl groups is 1. The van der Waals surface area contributed by atoms with E-state index in [4.69, 9.17) is 16.1 Å². The summed E-state index contributed by atoms with van der Waals surface area (Å²) in [6.45, 7) is -1.16. The minimum Gasteiger partial charge on any atom is -0.390 e. The second-order valence-corrected chi connectivity index (χ2v) is 9.56. The summed E-state index contributed by atoms with van der Waals surface area (Å²) in [6, 6.07) is 15.9. The molecule has 2 heterocycles. The van der Waals surface area contributed by atoms with Gasteiger partial charge in [0.05, 0.1) is 40.3 Å². The number of benzene rings is 3. The molecule has 0 atom stereocenters. The molecule has 0 unspecified atom stereocenters. The summed E-state index contributed by atoms with van der Waals surface area (Å²) in [4.78, 5) is 18.2. The number of nitrogens with zero attached hydrogens (tertiary/aromatic N) is 3. The van der Waals surface area contributed by atoms with Crippen LogP contribution >= 0.6 is 11.6 Å². The van der Waals surface area contributed by atoms with Crippen molar-refractivity contribution in [2.24, 2.45) is 0 Å². The molecule has 3 aromatic carbocycles.